The predicted octanol–water partition coefficient (Wildman–Crippen LogP) is 0.784. The minimum Gasteiger partial charge on any atom is -0.507 e. The summed E-state index contributed by atoms with van der Waals surface area (Å²) in [6.07, 6.45) is 0. The first-order valence-corrected chi connectivity index (χ1v) is 8.77. The molecule has 5 rings (SSSR count). The molecule has 2 heterocycles. The lowest BCUT2D eigenvalue weighted by molar-refractivity contribution is 0.0878. The molecule has 1 aliphatic carbocycles. The van der Waals surface area contributed by atoms with Gasteiger partial charge in [-0.05, 0) is 12.1 Å². The van der Waals surface area contributed by atoms with Crippen LogP contribution in [0.5, 0.6) is 5.75 Å². The van der Waals surface area contributed by atoms with Crippen molar-refractivity contribution in [1.82, 2.24) is 9.88 Å². The molecule has 0 radical (unpaired) electrons. The molecule has 0 atom stereocenters. The summed E-state index contributed by atoms with van der Waals surface area (Å²) in [4.78, 5) is 63.0. The number of rotatable bonds is 1. The van der Waals surface area contributed by atoms with Crippen LogP contribution in [0.1, 0.15) is 52.6 Å². The molecule has 3 aromatic rings. The highest BCUT2D eigenvalue weighted by Crippen LogP contribution is 2.37. The molecule has 2 aliphatic rings. The van der Waals surface area contributed by atoms with Crippen molar-refractivity contribution in [3.63, 3.8) is 0 Å². The number of nitrogens with zero attached hydrogens (tertiary/aromatic N) is 1. The third kappa shape index (κ3) is 2.08. The lowest BCUT2D eigenvalue weighted by atomic mass is 9.82. The number of hydrogen-bond donors (Lipinski definition) is 3. The maximum atomic E-state index is 13.2. The SMILES string of the molecule is Nc1c2c(cc(=O)n1-c1ccc(O)c3c1C(=O)c1ccccc1C3=O)C(=O)NC2=O. The molecule has 0 saturated carbocycles. The van der Waals surface area contributed by atoms with Crippen molar-refractivity contribution in [3.05, 3.63) is 86.2 Å². The van der Waals surface area contributed by atoms with Crippen LogP contribution in [0.3, 0.4) is 0 Å². The van der Waals surface area contributed by atoms with Crippen LogP contribution in [0.15, 0.2) is 47.3 Å². The van der Waals surface area contributed by atoms with Crippen molar-refractivity contribution < 1.29 is 24.3 Å². The molecule has 2 aromatic carbocycles. The molecule has 9 heteroatoms. The van der Waals surface area contributed by atoms with Gasteiger partial charge >= 0.3 is 0 Å². The number of carbonyl (C=O) groups is 4. The molecule has 30 heavy (non-hydrogen) atoms. The molecule has 0 spiro atoms. The minimum absolute atomic E-state index is 0.0758. The van der Waals surface area contributed by atoms with Crippen LogP contribution >= 0.6 is 0 Å². The molecule has 146 valence electrons. The van der Waals surface area contributed by atoms with Gasteiger partial charge in [0.25, 0.3) is 17.4 Å². The van der Waals surface area contributed by atoms with E-state index in [0.29, 0.717) is 0 Å². The zero-order chi connectivity index (χ0) is 21.3. The topological polar surface area (TPSA) is 149 Å². The molecule has 9 nitrogen and oxygen atoms in total. The second kappa shape index (κ2) is 5.74. The van der Waals surface area contributed by atoms with Crippen molar-refractivity contribution >= 4 is 29.2 Å². The number of imide groups is 1. The number of phenols is 1. The Morgan fingerprint density at radius 1 is 0.767 bits per heavy atom. The highest BCUT2D eigenvalue weighted by molar-refractivity contribution is 6.30. The third-order valence-electron chi connectivity index (χ3n) is 5.23. The predicted molar refractivity (Wildman–Crippen MR) is 103 cm³/mol. The molecule has 0 bridgehead atoms. The van der Waals surface area contributed by atoms with E-state index in [4.69, 9.17) is 5.73 Å². The molecular weight excluding hydrogens is 390 g/mol. The number of pyridine rings is 1. The van der Waals surface area contributed by atoms with E-state index < -0.39 is 34.7 Å². The number of benzene rings is 2. The highest BCUT2D eigenvalue weighted by Gasteiger charge is 2.37. The smallest absolute Gasteiger partial charge is 0.262 e. The van der Waals surface area contributed by atoms with Gasteiger partial charge in [0.1, 0.15) is 11.6 Å². The summed E-state index contributed by atoms with van der Waals surface area (Å²) >= 11 is 0. The lowest BCUT2D eigenvalue weighted by Gasteiger charge is -2.22. The number of fused-ring (bicyclic) bond motifs is 3. The van der Waals surface area contributed by atoms with Crippen molar-refractivity contribution in [1.29, 1.82) is 0 Å². The molecular formula is C21H11N3O6. The number of aromatic nitrogens is 1. The standard InChI is InChI=1S/C21H11N3O6/c22-19-14-10(20(29)23-21(14)30)7-13(26)24(19)11-5-6-12(25)16-15(11)17(27)8-3-1-2-4-9(8)18(16)28/h1-7,25H,22H2,(H,23,29,30). The summed E-state index contributed by atoms with van der Waals surface area (Å²) in [5.41, 5.74) is 4.61. The largest absolute Gasteiger partial charge is 0.507 e. The van der Waals surface area contributed by atoms with Gasteiger partial charge in [-0.25, -0.2) is 0 Å². The number of aromatic hydroxyl groups is 1. The maximum Gasteiger partial charge on any atom is 0.262 e. The molecule has 0 fully saturated rings. The van der Waals surface area contributed by atoms with Crippen molar-refractivity contribution in [2.45, 2.75) is 0 Å². The zero-order valence-electron chi connectivity index (χ0n) is 15.1. The summed E-state index contributed by atoms with van der Waals surface area (Å²) in [5.74, 6) is -3.48. The molecule has 0 unspecified atom stereocenters. The molecule has 1 aromatic heterocycles. The van der Waals surface area contributed by atoms with Crippen molar-refractivity contribution in [2.75, 3.05) is 5.73 Å². The number of nitrogens with two attached hydrogens (primary N) is 1. The number of anilines is 1. The second-order valence-electron chi connectivity index (χ2n) is 6.83. The van der Waals surface area contributed by atoms with E-state index in [1.54, 1.807) is 12.1 Å². The Labute approximate surface area is 167 Å². The van der Waals surface area contributed by atoms with Crippen LogP contribution in [0.25, 0.3) is 5.69 Å². The number of hydrogen-bond acceptors (Lipinski definition) is 7. The van der Waals surface area contributed by atoms with E-state index >= 15 is 0 Å². The van der Waals surface area contributed by atoms with E-state index in [9.17, 15) is 29.1 Å². The summed E-state index contributed by atoms with van der Waals surface area (Å²) in [6, 6.07) is 9.47. The first-order chi connectivity index (χ1) is 14.3. The summed E-state index contributed by atoms with van der Waals surface area (Å²) in [7, 11) is 0. The van der Waals surface area contributed by atoms with E-state index in [1.807, 2.05) is 0 Å². The monoisotopic (exact) mass is 401 g/mol. The van der Waals surface area contributed by atoms with Gasteiger partial charge in [0.15, 0.2) is 11.6 Å². The Hall–Kier alpha value is -4.53. The van der Waals surface area contributed by atoms with E-state index in [2.05, 4.69) is 5.32 Å². The third-order valence-corrected chi connectivity index (χ3v) is 5.23. The van der Waals surface area contributed by atoms with Gasteiger partial charge in [-0.15, -0.1) is 0 Å². The number of nitrogen functional groups attached to an aromatic ring is 1. The summed E-state index contributed by atoms with van der Waals surface area (Å²) in [6.45, 7) is 0. The van der Waals surface area contributed by atoms with Crippen LogP contribution in [-0.4, -0.2) is 33.1 Å². The Morgan fingerprint density at radius 2 is 1.40 bits per heavy atom. The van der Waals surface area contributed by atoms with Gasteiger partial charge in [0.05, 0.1) is 27.9 Å². The van der Waals surface area contributed by atoms with Gasteiger partial charge in [-0.2, -0.15) is 0 Å². The van der Waals surface area contributed by atoms with Crippen LogP contribution in [0, 0.1) is 0 Å². The fraction of sp³-hybridized carbons (Fsp3) is 0. The zero-order valence-corrected chi connectivity index (χ0v) is 15.1. The Kier molecular flexibility index (Phi) is 3.36. The number of carbonyl (C=O) groups excluding carboxylic acids is 4. The highest BCUT2D eigenvalue weighted by atomic mass is 16.3. The first-order valence-electron chi connectivity index (χ1n) is 8.77. The van der Waals surface area contributed by atoms with Crippen LogP contribution in [-0.2, 0) is 0 Å². The van der Waals surface area contributed by atoms with Gasteiger partial charge in [-0.3, -0.25) is 33.9 Å². The fourth-order valence-corrected chi connectivity index (χ4v) is 3.90. The van der Waals surface area contributed by atoms with E-state index in [1.165, 1.54) is 18.2 Å². The van der Waals surface area contributed by atoms with Gasteiger partial charge < -0.3 is 10.8 Å². The van der Waals surface area contributed by atoms with Crippen LogP contribution in [0.4, 0.5) is 5.82 Å². The molecule has 1 aliphatic heterocycles. The van der Waals surface area contributed by atoms with Crippen molar-refractivity contribution in [3.8, 4) is 11.4 Å². The Morgan fingerprint density at radius 3 is 2.07 bits per heavy atom. The first kappa shape index (κ1) is 17.6. The summed E-state index contributed by atoms with van der Waals surface area (Å²) < 4.78 is 0.883. The molecule has 2 amide bonds. The number of ketones is 2. The van der Waals surface area contributed by atoms with E-state index in [0.717, 1.165) is 16.7 Å². The van der Waals surface area contributed by atoms with Gasteiger partial charge in [0.2, 0.25) is 0 Å². The summed E-state index contributed by atoms with van der Waals surface area (Å²) in [5, 5.41) is 12.4. The number of phenolic OH excluding ortho intramolecular Hbond substituents is 1. The molecule has 0 saturated heterocycles. The van der Waals surface area contributed by atoms with E-state index in [-0.39, 0.29) is 44.9 Å². The maximum absolute atomic E-state index is 13.2. The average Bonchev–Trinajstić information content (AvgIpc) is 3.00. The molecule has 4 N–H and O–H groups in total. The minimum atomic E-state index is -0.776. The Balaban J connectivity index is 1.87. The second-order valence-corrected chi connectivity index (χ2v) is 6.83. The fourth-order valence-electron chi connectivity index (χ4n) is 3.90. The van der Waals surface area contributed by atoms with Crippen LogP contribution < -0.4 is 16.6 Å². The quantitative estimate of drug-likeness (QED) is 0.399. The van der Waals surface area contributed by atoms with Crippen LogP contribution in [0.2, 0.25) is 0 Å². The Bertz CT molecular complexity index is 1430. The normalized spacial score (nSPS) is 14.3. The van der Waals surface area contributed by atoms with Gasteiger partial charge in [-0.1, -0.05) is 24.3 Å². The van der Waals surface area contributed by atoms with Crippen molar-refractivity contribution in [2.24, 2.45) is 0 Å². The van der Waals surface area contributed by atoms with Gasteiger partial charge in [0, 0.05) is 17.2 Å². The lowest BCUT2D eigenvalue weighted by Crippen LogP contribution is -2.28. The number of nitrogens with one attached hydrogen (secondary N) is 1. The average molecular weight is 401 g/mol. The number of amides is 2.